The van der Waals surface area contributed by atoms with Gasteiger partial charge in [0, 0.05) is 12.3 Å². The SMILES string of the molecule is CCNCCCCN(C)CCSC. The maximum absolute atomic E-state index is 3.34. The van der Waals surface area contributed by atoms with E-state index in [-0.39, 0.29) is 0 Å². The fourth-order valence-electron chi connectivity index (χ4n) is 1.17. The number of rotatable bonds is 9. The Labute approximate surface area is 87.5 Å². The molecule has 1 N–H and O–H groups in total. The lowest BCUT2D eigenvalue weighted by molar-refractivity contribution is 0.345. The molecule has 0 spiro atoms. The summed E-state index contributed by atoms with van der Waals surface area (Å²) in [6, 6.07) is 0. The first kappa shape index (κ1) is 13.3. The lowest BCUT2D eigenvalue weighted by atomic mass is 10.3. The molecule has 0 bridgehead atoms. The van der Waals surface area contributed by atoms with E-state index in [4.69, 9.17) is 0 Å². The van der Waals surface area contributed by atoms with Gasteiger partial charge < -0.3 is 10.2 Å². The highest BCUT2D eigenvalue weighted by Gasteiger charge is 1.96. The van der Waals surface area contributed by atoms with E-state index in [1.807, 2.05) is 11.8 Å². The summed E-state index contributed by atoms with van der Waals surface area (Å²) in [5.74, 6) is 1.25. The van der Waals surface area contributed by atoms with Crippen LogP contribution in [0.15, 0.2) is 0 Å². The molecule has 13 heavy (non-hydrogen) atoms. The summed E-state index contributed by atoms with van der Waals surface area (Å²) < 4.78 is 0. The predicted molar refractivity (Wildman–Crippen MR) is 63.7 cm³/mol. The summed E-state index contributed by atoms with van der Waals surface area (Å²) in [6.45, 7) is 6.90. The molecule has 0 saturated carbocycles. The summed E-state index contributed by atoms with van der Waals surface area (Å²) in [6.07, 6.45) is 4.79. The second-order valence-electron chi connectivity index (χ2n) is 3.36. The number of hydrogen-bond acceptors (Lipinski definition) is 3. The number of thioether (sulfide) groups is 1. The third kappa shape index (κ3) is 10.2. The van der Waals surface area contributed by atoms with Crippen molar-refractivity contribution in [1.29, 1.82) is 0 Å². The van der Waals surface area contributed by atoms with Gasteiger partial charge in [0.1, 0.15) is 0 Å². The molecular formula is C10H24N2S. The Hall–Kier alpha value is 0.270. The Morgan fingerprint density at radius 3 is 2.62 bits per heavy atom. The van der Waals surface area contributed by atoms with Crippen LogP contribution in [0.2, 0.25) is 0 Å². The maximum atomic E-state index is 3.34. The van der Waals surface area contributed by atoms with Crippen molar-refractivity contribution in [2.45, 2.75) is 19.8 Å². The van der Waals surface area contributed by atoms with Crippen molar-refractivity contribution >= 4 is 11.8 Å². The van der Waals surface area contributed by atoms with E-state index in [9.17, 15) is 0 Å². The molecule has 0 aromatic carbocycles. The highest BCUT2D eigenvalue weighted by Crippen LogP contribution is 1.95. The second kappa shape index (κ2) is 10.4. The normalized spacial score (nSPS) is 11.1. The Kier molecular flexibility index (Phi) is 10.6. The fourth-order valence-corrected chi connectivity index (χ4v) is 1.66. The summed E-state index contributed by atoms with van der Waals surface area (Å²) in [5.41, 5.74) is 0. The van der Waals surface area contributed by atoms with Gasteiger partial charge in [0.05, 0.1) is 0 Å². The van der Waals surface area contributed by atoms with Crippen molar-refractivity contribution in [3.05, 3.63) is 0 Å². The molecule has 0 fully saturated rings. The highest BCUT2D eigenvalue weighted by atomic mass is 32.2. The number of hydrogen-bond donors (Lipinski definition) is 1. The molecule has 0 aromatic heterocycles. The summed E-state index contributed by atoms with van der Waals surface area (Å²) in [7, 11) is 2.21. The van der Waals surface area contributed by atoms with Gasteiger partial charge in [-0.3, -0.25) is 0 Å². The lowest BCUT2D eigenvalue weighted by Crippen LogP contribution is -2.23. The first-order valence-corrected chi connectivity index (χ1v) is 6.58. The van der Waals surface area contributed by atoms with Crippen LogP contribution in [0.4, 0.5) is 0 Å². The lowest BCUT2D eigenvalue weighted by Gasteiger charge is -2.15. The standard InChI is InChI=1S/C10H24N2S/c1-4-11-7-5-6-8-12(2)9-10-13-3/h11H,4-10H2,1-3H3. The van der Waals surface area contributed by atoms with E-state index in [0.717, 1.165) is 6.54 Å². The highest BCUT2D eigenvalue weighted by molar-refractivity contribution is 7.98. The van der Waals surface area contributed by atoms with Crippen molar-refractivity contribution in [2.24, 2.45) is 0 Å². The van der Waals surface area contributed by atoms with Gasteiger partial charge in [-0.15, -0.1) is 0 Å². The van der Waals surface area contributed by atoms with E-state index < -0.39 is 0 Å². The molecule has 0 aromatic rings. The summed E-state index contributed by atoms with van der Waals surface area (Å²) >= 11 is 1.92. The minimum absolute atomic E-state index is 1.10. The van der Waals surface area contributed by atoms with Gasteiger partial charge in [-0.25, -0.2) is 0 Å². The Morgan fingerprint density at radius 2 is 2.00 bits per heavy atom. The van der Waals surface area contributed by atoms with Crippen molar-refractivity contribution in [3.8, 4) is 0 Å². The van der Waals surface area contributed by atoms with Crippen LogP contribution in [-0.2, 0) is 0 Å². The quantitative estimate of drug-likeness (QED) is 0.575. The van der Waals surface area contributed by atoms with Gasteiger partial charge in [0.25, 0.3) is 0 Å². The zero-order chi connectivity index (χ0) is 9.94. The minimum atomic E-state index is 1.10. The van der Waals surface area contributed by atoms with Crippen LogP contribution in [0, 0.1) is 0 Å². The average molecular weight is 204 g/mol. The number of unbranched alkanes of at least 4 members (excludes halogenated alkanes) is 1. The molecule has 3 heteroatoms. The van der Waals surface area contributed by atoms with Crippen LogP contribution in [0.3, 0.4) is 0 Å². The van der Waals surface area contributed by atoms with Crippen molar-refractivity contribution < 1.29 is 0 Å². The molecule has 80 valence electrons. The molecule has 0 aliphatic carbocycles. The zero-order valence-corrected chi connectivity index (χ0v) is 10.1. The van der Waals surface area contributed by atoms with Crippen LogP contribution >= 0.6 is 11.8 Å². The Bertz CT molecular complexity index is 98.9. The van der Waals surface area contributed by atoms with Crippen molar-refractivity contribution in [1.82, 2.24) is 10.2 Å². The monoisotopic (exact) mass is 204 g/mol. The third-order valence-corrected chi connectivity index (χ3v) is 2.66. The van der Waals surface area contributed by atoms with E-state index in [2.05, 4.69) is 30.4 Å². The Morgan fingerprint density at radius 1 is 1.23 bits per heavy atom. The maximum Gasteiger partial charge on any atom is 0.00692 e. The van der Waals surface area contributed by atoms with Crippen molar-refractivity contribution in [2.75, 3.05) is 45.2 Å². The first-order chi connectivity index (χ1) is 6.31. The molecule has 0 radical (unpaired) electrons. The molecule has 0 heterocycles. The van der Waals surface area contributed by atoms with E-state index in [1.165, 1.54) is 38.2 Å². The summed E-state index contributed by atoms with van der Waals surface area (Å²) in [5, 5.41) is 3.34. The van der Waals surface area contributed by atoms with Gasteiger partial charge in [0.2, 0.25) is 0 Å². The largest absolute Gasteiger partial charge is 0.317 e. The third-order valence-electron chi connectivity index (χ3n) is 2.07. The molecular weight excluding hydrogens is 180 g/mol. The van der Waals surface area contributed by atoms with Gasteiger partial charge in [0.15, 0.2) is 0 Å². The Balaban J connectivity index is 3.03. The number of nitrogens with zero attached hydrogens (tertiary/aromatic N) is 1. The molecule has 0 aliphatic heterocycles. The van der Waals surface area contributed by atoms with Crippen LogP contribution in [0.25, 0.3) is 0 Å². The molecule has 0 saturated heterocycles. The molecule has 0 atom stereocenters. The van der Waals surface area contributed by atoms with Gasteiger partial charge in [-0.05, 0) is 45.8 Å². The van der Waals surface area contributed by atoms with E-state index >= 15 is 0 Å². The van der Waals surface area contributed by atoms with Crippen LogP contribution in [-0.4, -0.2) is 50.1 Å². The van der Waals surface area contributed by atoms with Crippen LogP contribution in [0.5, 0.6) is 0 Å². The molecule has 0 rings (SSSR count). The van der Waals surface area contributed by atoms with Gasteiger partial charge in [-0.2, -0.15) is 11.8 Å². The number of nitrogens with one attached hydrogen (secondary N) is 1. The fraction of sp³-hybridized carbons (Fsp3) is 1.00. The molecule has 0 amide bonds. The zero-order valence-electron chi connectivity index (χ0n) is 9.31. The average Bonchev–Trinajstić information content (AvgIpc) is 2.14. The topological polar surface area (TPSA) is 15.3 Å². The molecule has 0 unspecified atom stereocenters. The van der Waals surface area contributed by atoms with Gasteiger partial charge >= 0.3 is 0 Å². The molecule has 0 aliphatic rings. The summed E-state index contributed by atoms with van der Waals surface area (Å²) in [4.78, 5) is 2.42. The van der Waals surface area contributed by atoms with E-state index in [1.54, 1.807) is 0 Å². The van der Waals surface area contributed by atoms with Gasteiger partial charge in [-0.1, -0.05) is 6.92 Å². The predicted octanol–water partition coefficient (Wildman–Crippen LogP) is 1.67. The second-order valence-corrected chi connectivity index (χ2v) is 4.34. The van der Waals surface area contributed by atoms with E-state index in [0.29, 0.717) is 0 Å². The molecule has 2 nitrogen and oxygen atoms in total. The smallest absolute Gasteiger partial charge is 0.00692 e. The van der Waals surface area contributed by atoms with Crippen LogP contribution < -0.4 is 5.32 Å². The van der Waals surface area contributed by atoms with Crippen LogP contribution in [0.1, 0.15) is 19.8 Å². The first-order valence-electron chi connectivity index (χ1n) is 5.19. The minimum Gasteiger partial charge on any atom is -0.317 e. The van der Waals surface area contributed by atoms with Crippen molar-refractivity contribution in [3.63, 3.8) is 0 Å².